The molecule has 0 aromatic carbocycles. The van der Waals surface area contributed by atoms with E-state index in [1.807, 2.05) is 0 Å². The third-order valence-electron chi connectivity index (χ3n) is 2.92. The summed E-state index contributed by atoms with van der Waals surface area (Å²) in [7, 11) is 0. The van der Waals surface area contributed by atoms with Gasteiger partial charge in [0, 0.05) is 6.54 Å². The quantitative estimate of drug-likeness (QED) is 0.530. The summed E-state index contributed by atoms with van der Waals surface area (Å²) >= 11 is 0. The second kappa shape index (κ2) is 2.51. The van der Waals surface area contributed by atoms with Gasteiger partial charge in [0.1, 0.15) is 0 Å². The first-order valence-electron chi connectivity index (χ1n) is 4.26. The zero-order valence-corrected chi connectivity index (χ0v) is 6.29. The van der Waals surface area contributed by atoms with Gasteiger partial charge in [0.15, 0.2) is 0 Å². The minimum atomic E-state index is 0.00694. The maximum atomic E-state index is 9.55. The van der Waals surface area contributed by atoms with Gasteiger partial charge >= 0.3 is 0 Å². The van der Waals surface area contributed by atoms with Gasteiger partial charge in [-0.3, -0.25) is 0 Å². The predicted octanol–water partition coefficient (Wildman–Crippen LogP) is 0.463. The van der Waals surface area contributed by atoms with Crippen molar-refractivity contribution in [1.82, 2.24) is 4.90 Å². The molecule has 3 saturated heterocycles. The summed E-state index contributed by atoms with van der Waals surface area (Å²) in [4.78, 5) is 2.46. The van der Waals surface area contributed by atoms with Crippen molar-refractivity contribution >= 4 is 0 Å². The Hall–Kier alpha value is -0.0800. The molecule has 0 radical (unpaired) electrons. The topological polar surface area (TPSA) is 23.5 Å². The molecule has 3 aliphatic heterocycles. The predicted molar refractivity (Wildman–Crippen MR) is 39.8 cm³/mol. The van der Waals surface area contributed by atoms with Gasteiger partial charge in [-0.1, -0.05) is 0 Å². The van der Waals surface area contributed by atoms with E-state index in [4.69, 9.17) is 0 Å². The maximum Gasteiger partial charge on any atom is 0.0581 e. The SMILES string of the molecule is O[C@@H]1CCN2CCC1CC2. The Bertz CT molecular complexity index is 118. The van der Waals surface area contributed by atoms with E-state index in [9.17, 15) is 5.11 Å². The summed E-state index contributed by atoms with van der Waals surface area (Å²) in [5.41, 5.74) is 0. The van der Waals surface area contributed by atoms with Gasteiger partial charge in [0.2, 0.25) is 0 Å². The normalized spacial score (nSPS) is 47.1. The fourth-order valence-corrected chi connectivity index (χ4v) is 2.11. The van der Waals surface area contributed by atoms with E-state index in [1.54, 1.807) is 0 Å². The molecule has 1 N–H and O–H groups in total. The monoisotopic (exact) mass is 141 g/mol. The molecule has 10 heavy (non-hydrogen) atoms. The van der Waals surface area contributed by atoms with Crippen LogP contribution in [-0.2, 0) is 0 Å². The number of aliphatic hydroxyl groups excluding tert-OH is 1. The van der Waals surface area contributed by atoms with Gasteiger partial charge in [-0.05, 0) is 38.3 Å². The van der Waals surface area contributed by atoms with E-state index >= 15 is 0 Å². The maximum absolute atomic E-state index is 9.55. The zero-order chi connectivity index (χ0) is 6.97. The molecule has 2 bridgehead atoms. The average Bonchev–Trinajstić information content (AvgIpc) is 2.24. The molecule has 1 atom stereocenters. The van der Waals surface area contributed by atoms with Crippen LogP contribution < -0.4 is 0 Å². The van der Waals surface area contributed by atoms with E-state index in [2.05, 4.69) is 4.90 Å². The van der Waals surface area contributed by atoms with Crippen LogP contribution in [0.2, 0.25) is 0 Å². The minimum absolute atomic E-state index is 0.00694. The molecule has 0 spiro atoms. The van der Waals surface area contributed by atoms with Gasteiger partial charge in [-0.2, -0.15) is 0 Å². The molecule has 0 unspecified atom stereocenters. The van der Waals surface area contributed by atoms with Crippen molar-refractivity contribution in [3.8, 4) is 0 Å². The van der Waals surface area contributed by atoms with Crippen molar-refractivity contribution < 1.29 is 5.11 Å². The lowest BCUT2D eigenvalue weighted by Gasteiger charge is -2.27. The van der Waals surface area contributed by atoms with Gasteiger partial charge in [-0.15, -0.1) is 0 Å². The second-order valence-electron chi connectivity index (χ2n) is 3.54. The summed E-state index contributed by atoms with van der Waals surface area (Å²) < 4.78 is 0. The number of nitrogens with zero attached hydrogens (tertiary/aromatic N) is 1. The standard InChI is InChI=1S/C8H15NO/c10-8-3-6-9-4-1-7(8)2-5-9/h7-8,10H,1-6H2/t8-/m1/s1. The van der Waals surface area contributed by atoms with E-state index in [0.717, 1.165) is 13.0 Å². The molecule has 58 valence electrons. The lowest BCUT2D eigenvalue weighted by atomic mass is 9.93. The Labute approximate surface area is 61.8 Å². The summed E-state index contributed by atoms with van der Waals surface area (Å²) in [6.45, 7) is 3.57. The zero-order valence-electron chi connectivity index (χ0n) is 6.29. The molecular weight excluding hydrogens is 126 g/mol. The van der Waals surface area contributed by atoms with E-state index in [1.165, 1.54) is 25.9 Å². The molecule has 2 heteroatoms. The molecule has 3 heterocycles. The number of hydrogen-bond acceptors (Lipinski definition) is 2. The Morgan fingerprint density at radius 1 is 1.00 bits per heavy atom. The van der Waals surface area contributed by atoms with Crippen LogP contribution in [0.4, 0.5) is 0 Å². The fraction of sp³-hybridized carbons (Fsp3) is 1.00. The van der Waals surface area contributed by atoms with Crippen LogP contribution >= 0.6 is 0 Å². The van der Waals surface area contributed by atoms with Crippen LogP contribution in [0.3, 0.4) is 0 Å². The first-order chi connectivity index (χ1) is 4.86. The Kier molecular flexibility index (Phi) is 1.66. The van der Waals surface area contributed by atoms with Crippen LogP contribution in [0.15, 0.2) is 0 Å². The Morgan fingerprint density at radius 2 is 1.60 bits per heavy atom. The van der Waals surface area contributed by atoms with Gasteiger partial charge in [0.05, 0.1) is 6.10 Å². The van der Waals surface area contributed by atoms with E-state index in [-0.39, 0.29) is 6.10 Å². The summed E-state index contributed by atoms with van der Waals surface area (Å²) in [6, 6.07) is 0. The van der Waals surface area contributed by atoms with Crippen LogP contribution in [-0.4, -0.2) is 35.7 Å². The van der Waals surface area contributed by atoms with Crippen molar-refractivity contribution in [2.24, 2.45) is 5.92 Å². The molecule has 0 saturated carbocycles. The highest BCUT2D eigenvalue weighted by Crippen LogP contribution is 2.26. The van der Waals surface area contributed by atoms with Crippen molar-refractivity contribution in [2.45, 2.75) is 25.4 Å². The fourth-order valence-electron chi connectivity index (χ4n) is 2.11. The highest BCUT2D eigenvalue weighted by atomic mass is 16.3. The molecule has 0 amide bonds. The van der Waals surface area contributed by atoms with Crippen LogP contribution in [0, 0.1) is 5.92 Å². The molecule has 3 rings (SSSR count). The molecule has 3 fully saturated rings. The molecule has 0 aliphatic carbocycles. The number of aliphatic hydroxyl groups is 1. The third kappa shape index (κ3) is 1.06. The van der Waals surface area contributed by atoms with E-state index < -0.39 is 0 Å². The number of fused-ring (bicyclic) bond motifs is 4. The first-order valence-corrected chi connectivity index (χ1v) is 4.26. The second-order valence-corrected chi connectivity index (χ2v) is 3.54. The van der Waals surface area contributed by atoms with Crippen LogP contribution in [0.1, 0.15) is 19.3 Å². The Balaban J connectivity index is 2.07. The lowest BCUT2D eigenvalue weighted by molar-refractivity contribution is 0.0976. The van der Waals surface area contributed by atoms with Crippen molar-refractivity contribution in [2.75, 3.05) is 19.6 Å². The van der Waals surface area contributed by atoms with Gasteiger partial charge in [-0.25, -0.2) is 0 Å². The molecular formula is C8H15NO. The van der Waals surface area contributed by atoms with Crippen molar-refractivity contribution in [3.63, 3.8) is 0 Å². The summed E-state index contributed by atoms with van der Waals surface area (Å²) in [5, 5.41) is 9.55. The molecule has 2 nitrogen and oxygen atoms in total. The van der Waals surface area contributed by atoms with Crippen LogP contribution in [0.25, 0.3) is 0 Å². The van der Waals surface area contributed by atoms with E-state index in [0.29, 0.717) is 5.92 Å². The van der Waals surface area contributed by atoms with Gasteiger partial charge < -0.3 is 10.0 Å². The highest BCUT2D eigenvalue weighted by Gasteiger charge is 2.29. The van der Waals surface area contributed by atoms with Crippen LogP contribution in [0.5, 0.6) is 0 Å². The highest BCUT2D eigenvalue weighted by molar-refractivity contribution is 4.82. The van der Waals surface area contributed by atoms with Gasteiger partial charge in [0.25, 0.3) is 0 Å². The Morgan fingerprint density at radius 3 is 2.30 bits per heavy atom. The molecule has 0 aromatic heterocycles. The first kappa shape index (κ1) is 6.62. The minimum Gasteiger partial charge on any atom is -0.393 e. The molecule has 3 aliphatic rings. The number of rotatable bonds is 0. The number of hydrogen-bond donors (Lipinski definition) is 1. The van der Waals surface area contributed by atoms with Crippen molar-refractivity contribution in [3.05, 3.63) is 0 Å². The molecule has 0 aromatic rings. The third-order valence-corrected chi connectivity index (χ3v) is 2.92. The summed E-state index contributed by atoms with van der Waals surface area (Å²) in [6.07, 6.45) is 3.46. The smallest absolute Gasteiger partial charge is 0.0581 e. The summed E-state index contributed by atoms with van der Waals surface area (Å²) in [5.74, 6) is 0.624. The largest absolute Gasteiger partial charge is 0.393 e. The van der Waals surface area contributed by atoms with Crippen molar-refractivity contribution in [1.29, 1.82) is 0 Å². The lowest BCUT2D eigenvalue weighted by Crippen LogP contribution is -2.31. The average molecular weight is 141 g/mol. The number of piperidine rings is 1.